The molecule has 4 heteroatoms. The molecule has 0 bridgehead atoms. The number of allylic oxidation sites excluding steroid dienone is 3. The highest BCUT2D eigenvalue weighted by atomic mass is 19.2. The first-order chi connectivity index (χ1) is 15.9. The lowest BCUT2D eigenvalue weighted by Gasteiger charge is -2.20. The fourth-order valence-electron chi connectivity index (χ4n) is 4.44. The average molecular weight is 451 g/mol. The van der Waals surface area contributed by atoms with Gasteiger partial charge in [-0.05, 0) is 53.9 Å². The lowest BCUT2D eigenvalue weighted by atomic mass is 9.86. The van der Waals surface area contributed by atoms with Crippen LogP contribution < -0.4 is 0 Å². The van der Waals surface area contributed by atoms with Crippen molar-refractivity contribution in [3.63, 3.8) is 0 Å². The molecule has 3 aromatic carbocycles. The van der Waals surface area contributed by atoms with Crippen molar-refractivity contribution >= 4 is 5.57 Å². The third-order valence-electron chi connectivity index (χ3n) is 6.40. The highest BCUT2D eigenvalue weighted by Crippen LogP contribution is 2.36. The summed E-state index contributed by atoms with van der Waals surface area (Å²) in [6, 6.07) is 12.7. The van der Waals surface area contributed by atoms with Gasteiger partial charge in [0.2, 0.25) is 0 Å². The standard InChI is InChI=1S/C29H26F4/c1-3-5-22-14-15-23(27(31)26(22)30)20-10-12-21(13-11-20)25-17-16-24(28(32)29(25)33)19-8-6-18(4-2)7-9-19/h4,8,10-18H,2-3,5-7,9H2,1H3. The molecule has 0 spiro atoms. The number of hydrogen-bond acceptors (Lipinski definition) is 0. The normalized spacial score (nSPS) is 15.9. The molecular formula is C29H26F4. The highest BCUT2D eigenvalue weighted by molar-refractivity contribution is 5.74. The number of rotatable bonds is 6. The number of hydrogen-bond donors (Lipinski definition) is 0. The van der Waals surface area contributed by atoms with Crippen molar-refractivity contribution in [1.29, 1.82) is 0 Å². The van der Waals surface area contributed by atoms with E-state index in [0.717, 1.165) is 24.8 Å². The van der Waals surface area contributed by atoms with Gasteiger partial charge in [0.25, 0.3) is 0 Å². The Balaban J connectivity index is 1.62. The molecule has 170 valence electrons. The van der Waals surface area contributed by atoms with Crippen LogP contribution in [0.5, 0.6) is 0 Å². The predicted molar refractivity (Wildman–Crippen MR) is 127 cm³/mol. The van der Waals surface area contributed by atoms with Crippen LogP contribution >= 0.6 is 0 Å². The molecule has 0 amide bonds. The molecule has 1 aliphatic rings. The lowest BCUT2D eigenvalue weighted by molar-refractivity contribution is 0.500. The summed E-state index contributed by atoms with van der Waals surface area (Å²) in [4.78, 5) is 0. The second kappa shape index (κ2) is 9.78. The maximum atomic E-state index is 15.0. The Kier molecular flexibility index (Phi) is 6.83. The third-order valence-corrected chi connectivity index (χ3v) is 6.40. The zero-order valence-corrected chi connectivity index (χ0v) is 18.6. The van der Waals surface area contributed by atoms with Gasteiger partial charge in [-0.3, -0.25) is 0 Å². The van der Waals surface area contributed by atoms with Gasteiger partial charge in [0.1, 0.15) is 0 Å². The largest absolute Gasteiger partial charge is 0.203 e. The van der Waals surface area contributed by atoms with E-state index in [4.69, 9.17) is 0 Å². The van der Waals surface area contributed by atoms with Crippen LogP contribution in [0.4, 0.5) is 17.6 Å². The molecule has 1 atom stereocenters. The zero-order chi connectivity index (χ0) is 23.5. The van der Waals surface area contributed by atoms with Gasteiger partial charge < -0.3 is 0 Å². The van der Waals surface area contributed by atoms with Crippen molar-refractivity contribution in [2.24, 2.45) is 5.92 Å². The maximum absolute atomic E-state index is 15.0. The molecule has 0 aromatic heterocycles. The summed E-state index contributed by atoms with van der Waals surface area (Å²) in [6.07, 6.45) is 7.38. The summed E-state index contributed by atoms with van der Waals surface area (Å²) in [6.45, 7) is 5.71. The van der Waals surface area contributed by atoms with Crippen LogP contribution in [0.15, 0.2) is 67.3 Å². The average Bonchev–Trinajstić information content (AvgIpc) is 2.84. The molecule has 0 heterocycles. The fraction of sp³-hybridized carbons (Fsp3) is 0.241. The Bertz CT molecular complexity index is 1210. The van der Waals surface area contributed by atoms with Crippen LogP contribution in [0.1, 0.15) is 43.7 Å². The zero-order valence-electron chi connectivity index (χ0n) is 18.6. The molecule has 0 nitrogen and oxygen atoms in total. The lowest BCUT2D eigenvalue weighted by Crippen LogP contribution is -2.04. The van der Waals surface area contributed by atoms with Crippen LogP contribution in [0.2, 0.25) is 0 Å². The topological polar surface area (TPSA) is 0 Å². The summed E-state index contributed by atoms with van der Waals surface area (Å²) in [5.74, 6) is -3.12. The molecule has 1 unspecified atom stereocenters. The maximum Gasteiger partial charge on any atom is 0.167 e. The quantitative estimate of drug-likeness (QED) is 0.260. The van der Waals surface area contributed by atoms with Gasteiger partial charge in [-0.2, -0.15) is 0 Å². The molecule has 0 saturated carbocycles. The van der Waals surface area contributed by atoms with Gasteiger partial charge in [0.05, 0.1) is 0 Å². The molecule has 4 rings (SSSR count). The van der Waals surface area contributed by atoms with Gasteiger partial charge in [0.15, 0.2) is 23.3 Å². The summed E-state index contributed by atoms with van der Waals surface area (Å²) >= 11 is 0. The van der Waals surface area contributed by atoms with Crippen molar-refractivity contribution in [1.82, 2.24) is 0 Å². The van der Waals surface area contributed by atoms with Crippen LogP contribution in [-0.4, -0.2) is 0 Å². The summed E-state index contributed by atoms with van der Waals surface area (Å²) < 4.78 is 58.8. The highest BCUT2D eigenvalue weighted by Gasteiger charge is 2.20. The van der Waals surface area contributed by atoms with E-state index in [9.17, 15) is 17.6 Å². The minimum atomic E-state index is -0.909. The predicted octanol–water partition coefficient (Wildman–Crippen LogP) is 8.90. The molecule has 0 saturated heterocycles. The van der Waals surface area contributed by atoms with Crippen molar-refractivity contribution in [3.05, 3.63) is 102 Å². The van der Waals surface area contributed by atoms with Crippen molar-refractivity contribution in [3.8, 4) is 22.3 Å². The van der Waals surface area contributed by atoms with Gasteiger partial charge in [-0.1, -0.05) is 74.0 Å². The first kappa shape index (κ1) is 23.0. The second-order valence-electron chi connectivity index (χ2n) is 8.52. The van der Waals surface area contributed by atoms with E-state index < -0.39 is 23.3 Å². The number of benzene rings is 3. The Labute approximate surface area is 192 Å². The van der Waals surface area contributed by atoms with Gasteiger partial charge >= 0.3 is 0 Å². The van der Waals surface area contributed by atoms with Gasteiger partial charge in [-0.25, -0.2) is 17.6 Å². The van der Waals surface area contributed by atoms with E-state index in [1.54, 1.807) is 48.5 Å². The molecular weight excluding hydrogens is 424 g/mol. The Morgan fingerprint density at radius 2 is 1.33 bits per heavy atom. The van der Waals surface area contributed by atoms with E-state index in [-0.39, 0.29) is 11.1 Å². The SMILES string of the molecule is C=CC1CC=C(c2ccc(-c3ccc(-c4ccc(CCC)c(F)c4F)cc3)c(F)c2F)CC1. The van der Waals surface area contributed by atoms with Crippen molar-refractivity contribution < 1.29 is 17.6 Å². The molecule has 0 radical (unpaired) electrons. The molecule has 0 aliphatic heterocycles. The first-order valence-electron chi connectivity index (χ1n) is 11.3. The van der Waals surface area contributed by atoms with Crippen LogP contribution in [0.25, 0.3) is 27.8 Å². The Hall–Kier alpha value is -3.14. The smallest absolute Gasteiger partial charge is 0.167 e. The second-order valence-corrected chi connectivity index (χ2v) is 8.52. The van der Waals surface area contributed by atoms with E-state index >= 15 is 0 Å². The van der Waals surface area contributed by atoms with Crippen molar-refractivity contribution in [2.75, 3.05) is 0 Å². The summed E-state index contributed by atoms with van der Waals surface area (Å²) in [5, 5.41) is 0. The van der Waals surface area contributed by atoms with Crippen molar-refractivity contribution in [2.45, 2.75) is 39.0 Å². The van der Waals surface area contributed by atoms with Crippen LogP contribution in [0.3, 0.4) is 0 Å². The first-order valence-corrected chi connectivity index (χ1v) is 11.3. The van der Waals surface area contributed by atoms with Gasteiger partial charge in [0, 0.05) is 16.7 Å². The van der Waals surface area contributed by atoms with E-state index in [1.807, 2.05) is 19.1 Å². The Morgan fingerprint density at radius 3 is 1.88 bits per heavy atom. The number of halogens is 4. The summed E-state index contributed by atoms with van der Waals surface area (Å²) in [5.41, 5.74) is 2.67. The Morgan fingerprint density at radius 1 is 0.788 bits per heavy atom. The van der Waals surface area contributed by atoms with E-state index in [1.165, 1.54) is 0 Å². The van der Waals surface area contributed by atoms with E-state index in [0.29, 0.717) is 41.0 Å². The minimum Gasteiger partial charge on any atom is -0.203 e. The molecule has 3 aromatic rings. The summed E-state index contributed by atoms with van der Waals surface area (Å²) in [7, 11) is 0. The van der Waals surface area contributed by atoms with Crippen LogP contribution in [-0.2, 0) is 6.42 Å². The number of aryl methyl sites for hydroxylation is 1. The van der Waals surface area contributed by atoms with Crippen LogP contribution in [0, 0.1) is 29.2 Å². The molecule has 33 heavy (non-hydrogen) atoms. The van der Waals surface area contributed by atoms with Gasteiger partial charge in [-0.15, -0.1) is 6.58 Å². The molecule has 0 N–H and O–H groups in total. The van der Waals surface area contributed by atoms with E-state index in [2.05, 4.69) is 6.58 Å². The third kappa shape index (κ3) is 4.52. The monoisotopic (exact) mass is 450 g/mol. The molecule has 0 fully saturated rings. The minimum absolute atomic E-state index is 0.133. The fourth-order valence-corrected chi connectivity index (χ4v) is 4.44. The molecule has 1 aliphatic carbocycles.